The average Bonchev–Trinajstić information content (AvgIpc) is 2.69. The molecule has 0 heterocycles. The Balaban J connectivity index is 2.06. The standard InChI is InChI=1S/C20H21Cl3N2O2S/c1-13(20(27)24-2)25(12-14-3-8-17(22)18(23)11-14)19(26)9-10-28-16-6-4-15(21)5-7-16/h3-8,11,13H,9-10,12H2,1-2H3,(H,24,27)/t13-/m0/s1. The average molecular weight is 460 g/mol. The zero-order valence-corrected chi connectivity index (χ0v) is 18.6. The van der Waals surface area contributed by atoms with E-state index in [2.05, 4.69) is 5.32 Å². The maximum atomic E-state index is 12.9. The van der Waals surface area contributed by atoms with Gasteiger partial charge in [0.1, 0.15) is 6.04 Å². The number of hydrogen-bond donors (Lipinski definition) is 1. The Morgan fingerprint density at radius 2 is 1.75 bits per heavy atom. The Bertz CT molecular complexity index is 831. The van der Waals surface area contributed by atoms with E-state index in [-0.39, 0.29) is 18.4 Å². The fourth-order valence-electron chi connectivity index (χ4n) is 2.56. The van der Waals surface area contributed by atoms with Crippen LogP contribution in [0.5, 0.6) is 0 Å². The predicted octanol–water partition coefficient (Wildman–Crippen LogP) is 5.29. The highest BCUT2D eigenvalue weighted by atomic mass is 35.5. The molecule has 1 atom stereocenters. The number of hydrogen-bond acceptors (Lipinski definition) is 3. The fraction of sp³-hybridized carbons (Fsp3) is 0.300. The molecular formula is C20H21Cl3N2O2S. The maximum absolute atomic E-state index is 12.9. The molecule has 2 rings (SSSR count). The molecule has 0 aromatic heterocycles. The predicted molar refractivity (Wildman–Crippen MR) is 117 cm³/mol. The van der Waals surface area contributed by atoms with Gasteiger partial charge < -0.3 is 10.2 Å². The highest BCUT2D eigenvalue weighted by Crippen LogP contribution is 2.25. The van der Waals surface area contributed by atoms with Crippen LogP contribution in [0.2, 0.25) is 15.1 Å². The van der Waals surface area contributed by atoms with Crippen molar-refractivity contribution in [1.82, 2.24) is 10.2 Å². The molecular weight excluding hydrogens is 439 g/mol. The molecule has 2 aromatic carbocycles. The number of nitrogens with one attached hydrogen (secondary N) is 1. The molecule has 0 radical (unpaired) electrons. The molecule has 0 aliphatic heterocycles. The first-order valence-corrected chi connectivity index (χ1v) is 10.8. The van der Waals surface area contributed by atoms with Crippen LogP contribution in [0.1, 0.15) is 18.9 Å². The molecule has 8 heteroatoms. The highest BCUT2D eigenvalue weighted by molar-refractivity contribution is 7.99. The lowest BCUT2D eigenvalue weighted by molar-refractivity contribution is -0.140. The van der Waals surface area contributed by atoms with Gasteiger partial charge in [0.2, 0.25) is 11.8 Å². The van der Waals surface area contributed by atoms with Gasteiger partial charge in [0.15, 0.2) is 0 Å². The van der Waals surface area contributed by atoms with Gasteiger partial charge in [-0.25, -0.2) is 0 Å². The van der Waals surface area contributed by atoms with E-state index >= 15 is 0 Å². The minimum Gasteiger partial charge on any atom is -0.357 e. The summed E-state index contributed by atoms with van der Waals surface area (Å²) in [6.07, 6.45) is 0.302. The molecule has 0 spiro atoms. The third-order valence-electron chi connectivity index (χ3n) is 4.15. The number of carbonyl (C=O) groups excluding carboxylic acids is 2. The number of carbonyl (C=O) groups is 2. The summed E-state index contributed by atoms with van der Waals surface area (Å²) in [5.74, 6) is 0.265. The van der Waals surface area contributed by atoms with E-state index < -0.39 is 6.04 Å². The summed E-state index contributed by atoms with van der Waals surface area (Å²) >= 11 is 19.5. The van der Waals surface area contributed by atoms with E-state index in [1.807, 2.05) is 24.3 Å². The SMILES string of the molecule is CNC(=O)[C@H](C)N(Cc1ccc(Cl)c(Cl)c1)C(=O)CCSc1ccc(Cl)cc1. The Morgan fingerprint density at radius 1 is 1.07 bits per heavy atom. The lowest BCUT2D eigenvalue weighted by atomic mass is 10.1. The summed E-state index contributed by atoms with van der Waals surface area (Å²) in [4.78, 5) is 27.6. The molecule has 1 N–H and O–H groups in total. The van der Waals surface area contributed by atoms with E-state index in [9.17, 15) is 9.59 Å². The second kappa shape index (κ2) is 11.0. The van der Waals surface area contributed by atoms with Crippen LogP contribution in [0.3, 0.4) is 0 Å². The second-order valence-corrected chi connectivity index (χ2v) is 8.53. The van der Waals surface area contributed by atoms with Crippen molar-refractivity contribution in [3.05, 3.63) is 63.1 Å². The molecule has 0 saturated heterocycles. The van der Waals surface area contributed by atoms with Crippen molar-refractivity contribution in [3.8, 4) is 0 Å². The van der Waals surface area contributed by atoms with Gasteiger partial charge in [0.05, 0.1) is 10.0 Å². The van der Waals surface area contributed by atoms with Crippen molar-refractivity contribution in [3.63, 3.8) is 0 Å². The highest BCUT2D eigenvalue weighted by Gasteiger charge is 2.25. The molecule has 150 valence electrons. The molecule has 28 heavy (non-hydrogen) atoms. The van der Waals surface area contributed by atoms with Crippen LogP contribution in [0.4, 0.5) is 0 Å². The van der Waals surface area contributed by atoms with E-state index in [1.165, 1.54) is 0 Å². The molecule has 0 bridgehead atoms. The first kappa shape index (κ1) is 22.9. The van der Waals surface area contributed by atoms with E-state index in [0.717, 1.165) is 10.5 Å². The van der Waals surface area contributed by atoms with E-state index in [1.54, 1.807) is 48.8 Å². The van der Waals surface area contributed by atoms with E-state index in [0.29, 0.717) is 27.2 Å². The third-order valence-corrected chi connectivity index (χ3v) is 6.15. The quantitative estimate of drug-likeness (QED) is 0.545. The van der Waals surface area contributed by atoms with Crippen molar-refractivity contribution in [2.45, 2.75) is 30.8 Å². The molecule has 0 unspecified atom stereocenters. The Hall–Kier alpha value is -1.40. The zero-order chi connectivity index (χ0) is 20.7. The Kier molecular flexibility index (Phi) is 8.96. The minimum atomic E-state index is -0.604. The number of rotatable bonds is 8. The van der Waals surface area contributed by atoms with Gasteiger partial charge in [-0.15, -0.1) is 11.8 Å². The molecule has 0 aliphatic rings. The Labute approximate surface area is 184 Å². The number of benzene rings is 2. The molecule has 0 fully saturated rings. The van der Waals surface area contributed by atoms with Gasteiger partial charge >= 0.3 is 0 Å². The van der Waals surface area contributed by atoms with Crippen LogP contribution in [-0.2, 0) is 16.1 Å². The first-order valence-electron chi connectivity index (χ1n) is 8.65. The van der Waals surface area contributed by atoms with Crippen LogP contribution in [-0.4, -0.2) is 35.6 Å². The summed E-state index contributed by atoms with van der Waals surface area (Å²) < 4.78 is 0. The van der Waals surface area contributed by atoms with Crippen LogP contribution in [0.25, 0.3) is 0 Å². The van der Waals surface area contributed by atoms with E-state index in [4.69, 9.17) is 34.8 Å². The van der Waals surface area contributed by atoms with Crippen LogP contribution in [0.15, 0.2) is 47.4 Å². The number of halogens is 3. The summed E-state index contributed by atoms with van der Waals surface area (Å²) in [7, 11) is 1.55. The first-order chi connectivity index (χ1) is 13.3. The van der Waals surface area contributed by atoms with Crippen molar-refractivity contribution >= 4 is 58.4 Å². The zero-order valence-electron chi connectivity index (χ0n) is 15.5. The van der Waals surface area contributed by atoms with Crippen molar-refractivity contribution in [2.75, 3.05) is 12.8 Å². The fourth-order valence-corrected chi connectivity index (χ4v) is 3.84. The largest absolute Gasteiger partial charge is 0.357 e. The van der Waals surface area contributed by atoms with Crippen LogP contribution >= 0.6 is 46.6 Å². The molecule has 0 aliphatic carbocycles. The molecule has 0 saturated carbocycles. The van der Waals surface area contributed by atoms with Crippen molar-refractivity contribution in [2.24, 2.45) is 0 Å². The minimum absolute atomic E-state index is 0.108. The summed E-state index contributed by atoms with van der Waals surface area (Å²) in [5, 5.41) is 4.13. The molecule has 2 aromatic rings. The lowest BCUT2D eigenvalue weighted by Gasteiger charge is -2.28. The van der Waals surface area contributed by atoms with Gasteiger partial charge in [-0.2, -0.15) is 0 Å². The third kappa shape index (κ3) is 6.59. The maximum Gasteiger partial charge on any atom is 0.242 e. The molecule has 2 amide bonds. The number of amides is 2. The summed E-state index contributed by atoms with van der Waals surface area (Å²) in [6, 6.07) is 12.1. The summed E-state index contributed by atoms with van der Waals surface area (Å²) in [5.41, 5.74) is 0.809. The number of thioether (sulfide) groups is 1. The van der Waals surface area contributed by atoms with Gasteiger partial charge in [-0.05, 0) is 48.9 Å². The smallest absolute Gasteiger partial charge is 0.242 e. The normalized spacial score (nSPS) is 11.8. The molecule has 4 nitrogen and oxygen atoms in total. The van der Waals surface area contributed by atoms with Gasteiger partial charge in [0, 0.05) is 35.7 Å². The van der Waals surface area contributed by atoms with Crippen molar-refractivity contribution < 1.29 is 9.59 Å². The lowest BCUT2D eigenvalue weighted by Crippen LogP contribution is -2.46. The topological polar surface area (TPSA) is 49.4 Å². The van der Waals surface area contributed by atoms with Crippen LogP contribution in [0, 0.1) is 0 Å². The monoisotopic (exact) mass is 458 g/mol. The second-order valence-electron chi connectivity index (χ2n) is 6.11. The van der Waals surface area contributed by atoms with Gasteiger partial charge in [0.25, 0.3) is 0 Å². The van der Waals surface area contributed by atoms with Crippen LogP contribution < -0.4 is 5.32 Å². The summed E-state index contributed by atoms with van der Waals surface area (Å²) in [6.45, 7) is 1.98. The Morgan fingerprint density at radius 3 is 2.36 bits per heavy atom. The number of likely N-dealkylation sites (N-methyl/N-ethyl adjacent to an activating group) is 1. The van der Waals surface area contributed by atoms with Gasteiger partial charge in [-0.1, -0.05) is 40.9 Å². The van der Waals surface area contributed by atoms with Gasteiger partial charge in [-0.3, -0.25) is 9.59 Å². The number of nitrogens with zero attached hydrogens (tertiary/aromatic N) is 1. The van der Waals surface area contributed by atoms with Crippen molar-refractivity contribution in [1.29, 1.82) is 0 Å².